The summed E-state index contributed by atoms with van der Waals surface area (Å²) in [6, 6.07) is 0. The predicted octanol–water partition coefficient (Wildman–Crippen LogP) is 1.55. The number of rotatable bonds is 2. The van der Waals surface area contributed by atoms with Crippen molar-refractivity contribution in [1.82, 2.24) is 0 Å². The average Bonchev–Trinajstić information content (AvgIpc) is 1.63. The van der Waals surface area contributed by atoms with E-state index in [9.17, 15) is 0 Å². The van der Waals surface area contributed by atoms with Crippen molar-refractivity contribution >= 4 is 11.8 Å². The fourth-order valence-electron chi connectivity index (χ4n) is 0.156. The molecule has 0 aromatic rings. The first kappa shape index (κ1) is 8.03. The molecule has 0 fully saturated rings. The molecule has 0 aliphatic carbocycles. The SMILES string of the molecule is OC(O)=CSC=C(O)O. The molecule has 4 N–H and O–H groups in total. The second-order valence-corrected chi connectivity index (χ2v) is 1.83. The van der Waals surface area contributed by atoms with Crippen LogP contribution in [0.4, 0.5) is 0 Å². The highest BCUT2D eigenvalue weighted by molar-refractivity contribution is 8.04. The van der Waals surface area contributed by atoms with Crippen molar-refractivity contribution < 1.29 is 20.4 Å². The fraction of sp³-hybridized carbons (Fsp3) is 0. The maximum absolute atomic E-state index is 8.07. The molecule has 0 spiro atoms. The van der Waals surface area contributed by atoms with Crippen molar-refractivity contribution in [1.29, 1.82) is 0 Å². The Morgan fingerprint density at radius 1 is 0.889 bits per heavy atom. The van der Waals surface area contributed by atoms with Gasteiger partial charge in [-0.25, -0.2) is 0 Å². The third-order valence-corrected chi connectivity index (χ3v) is 1.04. The average molecular weight is 150 g/mol. The predicted molar refractivity (Wildman–Crippen MR) is 34.3 cm³/mol. The van der Waals surface area contributed by atoms with Gasteiger partial charge >= 0.3 is 0 Å². The molecule has 0 unspecified atom stereocenters. The Kier molecular flexibility index (Phi) is 3.54. The minimum Gasteiger partial charge on any atom is -0.481 e. The smallest absolute Gasteiger partial charge is 0.281 e. The molecular formula is C4H6O4S. The molecule has 4 nitrogen and oxygen atoms in total. The summed E-state index contributed by atoms with van der Waals surface area (Å²) in [7, 11) is 0. The van der Waals surface area contributed by atoms with E-state index in [2.05, 4.69) is 0 Å². The molecule has 0 atom stereocenters. The van der Waals surface area contributed by atoms with Crippen molar-refractivity contribution in [3.63, 3.8) is 0 Å². The van der Waals surface area contributed by atoms with Crippen molar-refractivity contribution in [2.45, 2.75) is 0 Å². The first-order chi connectivity index (χ1) is 4.13. The Bertz CT molecular complexity index is 116. The van der Waals surface area contributed by atoms with E-state index in [0.717, 1.165) is 22.6 Å². The summed E-state index contributed by atoms with van der Waals surface area (Å²) in [5, 5.41) is 34.1. The normalized spacial score (nSPS) is 8.00. The minimum atomic E-state index is -0.863. The van der Waals surface area contributed by atoms with Crippen molar-refractivity contribution in [3.8, 4) is 0 Å². The van der Waals surface area contributed by atoms with E-state index in [1.54, 1.807) is 0 Å². The molecule has 0 aliphatic rings. The lowest BCUT2D eigenvalue weighted by Crippen LogP contribution is -1.72. The van der Waals surface area contributed by atoms with Crippen LogP contribution in [0.1, 0.15) is 0 Å². The van der Waals surface area contributed by atoms with E-state index >= 15 is 0 Å². The van der Waals surface area contributed by atoms with Gasteiger partial charge in [0.1, 0.15) is 0 Å². The third kappa shape index (κ3) is 7.03. The Labute approximate surface area is 55.8 Å². The molecule has 0 saturated carbocycles. The van der Waals surface area contributed by atoms with E-state index in [4.69, 9.17) is 20.4 Å². The van der Waals surface area contributed by atoms with E-state index in [0.29, 0.717) is 0 Å². The highest BCUT2D eigenvalue weighted by atomic mass is 32.2. The summed E-state index contributed by atoms with van der Waals surface area (Å²) in [5.41, 5.74) is 0. The van der Waals surface area contributed by atoms with E-state index in [1.807, 2.05) is 0 Å². The van der Waals surface area contributed by atoms with Gasteiger partial charge < -0.3 is 20.4 Å². The highest BCUT2D eigenvalue weighted by Crippen LogP contribution is 2.06. The van der Waals surface area contributed by atoms with Gasteiger partial charge in [-0.1, -0.05) is 11.8 Å². The lowest BCUT2D eigenvalue weighted by molar-refractivity contribution is 0.193. The molecular weight excluding hydrogens is 144 g/mol. The van der Waals surface area contributed by atoms with Gasteiger partial charge in [0.15, 0.2) is 0 Å². The van der Waals surface area contributed by atoms with Crippen LogP contribution in [-0.4, -0.2) is 20.4 Å². The van der Waals surface area contributed by atoms with Crippen molar-refractivity contribution in [2.24, 2.45) is 0 Å². The molecule has 0 saturated heterocycles. The summed E-state index contributed by atoms with van der Waals surface area (Å²) in [4.78, 5) is 0. The van der Waals surface area contributed by atoms with Crippen LogP contribution in [-0.2, 0) is 0 Å². The summed E-state index contributed by atoms with van der Waals surface area (Å²) in [6.45, 7) is 0. The van der Waals surface area contributed by atoms with Crippen LogP contribution in [0, 0.1) is 0 Å². The Morgan fingerprint density at radius 3 is 1.44 bits per heavy atom. The van der Waals surface area contributed by atoms with Crippen molar-refractivity contribution in [2.75, 3.05) is 0 Å². The van der Waals surface area contributed by atoms with Crippen molar-refractivity contribution in [3.05, 3.63) is 22.7 Å². The van der Waals surface area contributed by atoms with Gasteiger partial charge in [0.05, 0.1) is 10.8 Å². The molecule has 52 valence electrons. The van der Waals surface area contributed by atoms with Crippen LogP contribution < -0.4 is 0 Å². The second-order valence-electron chi connectivity index (χ2n) is 1.09. The molecule has 5 heteroatoms. The monoisotopic (exact) mass is 150 g/mol. The lowest BCUT2D eigenvalue weighted by atomic mass is 11.0. The fourth-order valence-corrected chi connectivity index (χ4v) is 0.467. The number of thioether (sulfide) groups is 1. The zero-order valence-electron chi connectivity index (χ0n) is 4.35. The minimum absolute atomic E-state index is 0.745. The van der Waals surface area contributed by atoms with E-state index < -0.39 is 11.9 Å². The number of aliphatic hydroxyl groups excluding tert-OH is 2. The topological polar surface area (TPSA) is 80.9 Å². The third-order valence-electron chi connectivity index (χ3n) is 0.347. The molecule has 0 bridgehead atoms. The quantitative estimate of drug-likeness (QED) is 0.449. The maximum Gasteiger partial charge on any atom is 0.281 e. The first-order valence-corrected chi connectivity index (χ1v) is 2.89. The van der Waals surface area contributed by atoms with Crippen LogP contribution in [0.2, 0.25) is 0 Å². The number of hydrogen-bond donors (Lipinski definition) is 4. The van der Waals surface area contributed by atoms with Crippen LogP contribution in [0.15, 0.2) is 22.7 Å². The Balaban J connectivity index is 3.53. The van der Waals surface area contributed by atoms with Gasteiger partial charge in [-0.05, 0) is 0 Å². The van der Waals surface area contributed by atoms with Crippen LogP contribution in [0.5, 0.6) is 0 Å². The first-order valence-electron chi connectivity index (χ1n) is 1.94. The molecule has 0 radical (unpaired) electrons. The molecule has 0 heterocycles. The van der Waals surface area contributed by atoms with Gasteiger partial charge in [-0.3, -0.25) is 0 Å². The lowest BCUT2D eigenvalue weighted by Gasteiger charge is -1.84. The molecule has 9 heavy (non-hydrogen) atoms. The number of aliphatic hydroxyl groups is 4. The Morgan fingerprint density at radius 2 is 1.22 bits per heavy atom. The standard InChI is InChI=1S/C4H6O4S/c5-3(6)1-9-2-4(7)8/h1-2,5-8H. The molecule has 0 rings (SSSR count). The van der Waals surface area contributed by atoms with Gasteiger partial charge in [0.25, 0.3) is 11.9 Å². The van der Waals surface area contributed by atoms with Crippen LogP contribution in [0.3, 0.4) is 0 Å². The van der Waals surface area contributed by atoms with Gasteiger partial charge in [-0.2, -0.15) is 0 Å². The van der Waals surface area contributed by atoms with Crippen LogP contribution in [0.25, 0.3) is 0 Å². The summed E-state index contributed by atoms with van der Waals surface area (Å²) < 4.78 is 0. The summed E-state index contributed by atoms with van der Waals surface area (Å²) in [5.74, 6) is -1.73. The second kappa shape index (κ2) is 3.96. The van der Waals surface area contributed by atoms with Gasteiger partial charge in [-0.15, -0.1) is 0 Å². The number of hydrogen-bond acceptors (Lipinski definition) is 5. The molecule has 0 aromatic carbocycles. The maximum atomic E-state index is 8.07. The van der Waals surface area contributed by atoms with Gasteiger partial charge in [0.2, 0.25) is 0 Å². The summed E-state index contributed by atoms with van der Waals surface area (Å²) in [6.07, 6.45) is 0. The Hall–Kier alpha value is -0.970. The van der Waals surface area contributed by atoms with E-state index in [1.165, 1.54) is 0 Å². The van der Waals surface area contributed by atoms with E-state index in [-0.39, 0.29) is 0 Å². The zero-order valence-corrected chi connectivity index (χ0v) is 5.17. The highest BCUT2D eigenvalue weighted by Gasteiger charge is 1.83. The van der Waals surface area contributed by atoms with Crippen LogP contribution >= 0.6 is 11.8 Å². The van der Waals surface area contributed by atoms with Gasteiger partial charge in [0, 0.05) is 0 Å². The summed E-state index contributed by atoms with van der Waals surface area (Å²) >= 11 is 0.745. The molecule has 0 amide bonds. The molecule has 0 aliphatic heterocycles. The zero-order chi connectivity index (χ0) is 7.28. The molecule has 0 aromatic heterocycles. The largest absolute Gasteiger partial charge is 0.481 e.